The molecule has 1 heterocycles. The molecule has 7 nitrogen and oxygen atoms in total. The van der Waals surface area contributed by atoms with Crippen LogP contribution in [0, 0.1) is 10.1 Å². The fraction of sp³-hybridized carbons (Fsp3) is 0.538. The number of phenols is 2. The highest BCUT2D eigenvalue weighted by atomic mass is 35.5. The van der Waals surface area contributed by atoms with Crippen molar-refractivity contribution in [2.45, 2.75) is 19.4 Å². The number of piperazine rings is 1. The zero-order valence-electron chi connectivity index (χ0n) is 12.2. The third kappa shape index (κ3) is 4.36. The summed E-state index contributed by atoms with van der Waals surface area (Å²) in [5, 5.41) is 33.4. The van der Waals surface area contributed by atoms with Crippen LogP contribution >= 0.6 is 24.8 Å². The molecule has 2 rings (SSSR count). The van der Waals surface area contributed by atoms with Gasteiger partial charge >= 0.3 is 5.69 Å². The first-order valence-electron chi connectivity index (χ1n) is 6.69. The Labute approximate surface area is 141 Å². The van der Waals surface area contributed by atoms with Gasteiger partial charge in [0.25, 0.3) is 0 Å². The van der Waals surface area contributed by atoms with E-state index in [9.17, 15) is 20.3 Å². The van der Waals surface area contributed by atoms with Crippen molar-refractivity contribution >= 4 is 30.5 Å². The monoisotopic (exact) mass is 353 g/mol. The van der Waals surface area contributed by atoms with Crippen molar-refractivity contribution in [1.82, 2.24) is 10.2 Å². The van der Waals surface area contributed by atoms with Gasteiger partial charge in [-0.2, -0.15) is 0 Å². The molecule has 0 amide bonds. The second-order valence-corrected chi connectivity index (χ2v) is 4.87. The molecule has 0 unspecified atom stereocenters. The Kier molecular flexibility index (Phi) is 8.47. The summed E-state index contributed by atoms with van der Waals surface area (Å²) >= 11 is 0. The molecule has 1 aliphatic heterocycles. The van der Waals surface area contributed by atoms with Gasteiger partial charge in [0.1, 0.15) is 0 Å². The normalized spacial score (nSPS) is 16.2. The molecule has 0 aromatic heterocycles. The van der Waals surface area contributed by atoms with Crippen LogP contribution in [0.15, 0.2) is 12.1 Å². The highest BCUT2D eigenvalue weighted by molar-refractivity contribution is 5.85. The van der Waals surface area contributed by atoms with Gasteiger partial charge in [0.05, 0.1) is 4.92 Å². The van der Waals surface area contributed by atoms with Crippen LogP contribution < -0.4 is 5.32 Å². The maximum Gasteiger partial charge on any atom is 0.314 e. The largest absolute Gasteiger partial charge is 0.504 e. The SMILES string of the molecule is CC[C@@H](c1cc(O)c(O)c([N+](=O)[O-])c1)N1CCNCC1.Cl.Cl. The van der Waals surface area contributed by atoms with Crippen LogP contribution in [0.3, 0.4) is 0 Å². The fourth-order valence-corrected chi connectivity index (χ4v) is 2.66. The third-order valence-corrected chi connectivity index (χ3v) is 3.65. The van der Waals surface area contributed by atoms with E-state index < -0.39 is 22.1 Å². The smallest absolute Gasteiger partial charge is 0.314 e. The Morgan fingerprint density at radius 2 is 1.91 bits per heavy atom. The second kappa shape index (κ2) is 8.99. The summed E-state index contributed by atoms with van der Waals surface area (Å²) in [6.07, 6.45) is 0.779. The average molecular weight is 354 g/mol. The predicted octanol–water partition coefficient (Wildman–Crippen LogP) is 2.21. The van der Waals surface area contributed by atoms with Gasteiger partial charge in [-0.25, -0.2) is 0 Å². The molecule has 3 N–H and O–H groups in total. The summed E-state index contributed by atoms with van der Waals surface area (Å²) in [6.45, 7) is 5.47. The number of benzene rings is 1. The van der Waals surface area contributed by atoms with Crippen LogP contribution in [0.25, 0.3) is 0 Å². The molecular weight excluding hydrogens is 333 g/mol. The number of phenolic OH excluding ortho intramolecular Hbond substituents is 2. The van der Waals surface area contributed by atoms with Gasteiger partial charge in [-0.05, 0) is 18.1 Å². The third-order valence-electron chi connectivity index (χ3n) is 3.65. The number of nitro groups is 1. The molecule has 0 radical (unpaired) electrons. The molecule has 126 valence electrons. The molecule has 9 heteroatoms. The zero-order chi connectivity index (χ0) is 14.7. The number of halogens is 2. The topological polar surface area (TPSA) is 98.9 Å². The summed E-state index contributed by atoms with van der Waals surface area (Å²) in [4.78, 5) is 12.5. The standard InChI is InChI=1S/C13H19N3O4.2ClH/c1-2-10(15-5-3-14-4-6-15)9-7-11(16(19)20)13(18)12(17)8-9;;/h7-8,10,14,17-18H,2-6H2,1H3;2*1H/t10-;;/m0../s1. The van der Waals surface area contributed by atoms with E-state index in [0.29, 0.717) is 5.56 Å². The van der Waals surface area contributed by atoms with Crippen LogP contribution in [-0.4, -0.2) is 46.2 Å². The molecule has 0 saturated carbocycles. The van der Waals surface area contributed by atoms with Gasteiger partial charge in [0.2, 0.25) is 5.75 Å². The summed E-state index contributed by atoms with van der Waals surface area (Å²) in [6, 6.07) is 2.77. The van der Waals surface area contributed by atoms with Crippen molar-refractivity contribution in [3.63, 3.8) is 0 Å². The lowest BCUT2D eigenvalue weighted by molar-refractivity contribution is -0.386. The fourth-order valence-electron chi connectivity index (χ4n) is 2.66. The highest BCUT2D eigenvalue weighted by Crippen LogP contribution is 2.39. The maximum atomic E-state index is 10.9. The van der Waals surface area contributed by atoms with Crippen molar-refractivity contribution in [3.05, 3.63) is 27.8 Å². The first-order valence-corrected chi connectivity index (χ1v) is 6.69. The van der Waals surface area contributed by atoms with Crippen molar-refractivity contribution in [2.75, 3.05) is 26.2 Å². The van der Waals surface area contributed by atoms with Crippen molar-refractivity contribution < 1.29 is 15.1 Å². The Morgan fingerprint density at radius 3 is 2.41 bits per heavy atom. The minimum absolute atomic E-state index is 0. The van der Waals surface area contributed by atoms with E-state index in [2.05, 4.69) is 10.2 Å². The first-order chi connectivity index (χ1) is 9.54. The molecule has 1 aliphatic rings. The number of hydrogen-bond acceptors (Lipinski definition) is 6. The number of nitrogens with one attached hydrogen (secondary N) is 1. The zero-order valence-corrected chi connectivity index (χ0v) is 13.8. The van der Waals surface area contributed by atoms with Gasteiger partial charge in [-0.15, -0.1) is 24.8 Å². The van der Waals surface area contributed by atoms with Gasteiger partial charge in [0.15, 0.2) is 5.75 Å². The van der Waals surface area contributed by atoms with E-state index in [1.165, 1.54) is 12.1 Å². The highest BCUT2D eigenvalue weighted by Gasteiger charge is 2.26. The molecule has 1 atom stereocenters. The Hall–Kier alpha value is -1.28. The maximum absolute atomic E-state index is 10.9. The number of aromatic hydroxyl groups is 2. The molecule has 0 aliphatic carbocycles. The second-order valence-electron chi connectivity index (χ2n) is 4.87. The minimum Gasteiger partial charge on any atom is -0.504 e. The van der Waals surface area contributed by atoms with Crippen LogP contribution in [0.4, 0.5) is 5.69 Å². The lowest BCUT2D eigenvalue weighted by Gasteiger charge is -2.34. The van der Waals surface area contributed by atoms with Crippen molar-refractivity contribution in [2.24, 2.45) is 0 Å². The number of nitrogens with zero attached hydrogens (tertiary/aromatic N) is 2. The van der Waals surface area contributed by atoms with Crippen LogP contribution in [0.1, 0.15) is 24.9 Å². The van der Waals surface area contributed by atoms with E-state index in [0.717, 1.165) is 32.6 Å². The van der Waals surface area contributed by atoms with E-state index in [1.807, 2.05) is 6.92 Å². The van der Waals surface area contributed by atoms with Gasteiger partial charge in [-0.3, -0.25) is 15.0 Å². The quantitative estimate of drug-likeness (QED) is 0.436. The number of rotatable bonds is 4. The molecular formula is C13H21Cl2N3O4. The molecule has 1 aromatic rings. The van der Waals surface area contributed by atoms with E-state index in [4.69, 9.17) is 0 Å². The van der Waals surface area contributed by atoms with Crippen LogP contribution in [0.2, 0.25) is 0 Å². The lowest BCUT2D eigenvalue weighted by Crippen LogP contribution is -2.45. The summed E-state index contributed by atoms with van der Waals surface area (Å²) in [7, 11) is 0. The van der Waals surface area contributed by atoms with E-state index in [-0.39, 0.29) is 30.9 Å². The molecule has 22 heavy (non-hydrogen) atoms. The van der Waals surface area contributed by atoms with Gasteiger partial charge in [-0.1, -0.05) is 6.92 Å². The molecule has 0 bridgehead atoms. The molecule has 1 aromatic carbocycles. The van der Waals surface area contributed by atoms with Crippen molar-refractivity contribution in [1.29, 1.82) is 0 Å². The van der Waals surface area contributed by atoms with Crippen LogP contribution in [-0.2, 0) is 0 Å². The van der Waals surface area contributed by atoms with Gasteiger partial charge < -0.3 is 15.5 Å². The molecule has 1 fully saturated rings. The van der Waals surface area contributed by atoms with Crippen LogP contribution in [0.5, 0.6) is 11.5 Å². The van der Waals surface area contributed by atoms with Crippen molar-refractivity contribution in [3.8, 4) is 11.5 Å². The van der Waals surface area contributed by atoms with Gasteiger partial charge in [0, 0.05) is 38.3 Å². The van der Waals surface area contributed by atoms with E-state index in [1.54, 1.807) is 0 Å². The minimum atomic E-state index is -0.678. The Morgan fingerprint density at radius 1 is 1.32 bits per heavy atom. The lowest BCUT2D eigenvalue weighted by atomic mass is 10.0. The Balaban J connectivity index is 0.00000220. The first kappa shape index (κ1) is 20.7. The Bertz CT molecular complexity index is 510. The van der Waals surface area contributed by atoms with E-state index >= 15 is 0 Å². The molecule has 0 spiro atoms. The summed E-state index contributed by atoms with van der Waals surface area (Å²) in [5.41, 5.74) is 0.213. The summed E-state index contributed by atoms with van der Waals surface area (Å²) in [5.74, 6) is -1.11. The summed E-state index contributed by atoms with van der Waals surface area (Å²) < 4.78 is 0. The number of hydrogen-bond donors (Lipinski definition) is 3. The average Bonchev–Trinajstić information content (AvgIpc) is 2.44. The number of nitro benzene ring substituents is 1. The predicted molar refractivity (Wildman–Crippen MR) is 88.4 cm³/mol. The molecule has 1 saturated heterocycles.